The Morgan fingerprint density at radius 2 is 2.23 bits per heavy atom. The number of pyridine rings is 1. The molecule has 0 spiro atoms. The Balaban J connectivity index is 1.68. The van der Waals surface area contributed by atoms with Gasteiger partial charge in [-0.3, -0.25) is 4.90 Å². The van der Waals surface area contributed by atoms with E-state index in [1.807, 2.05) is 44.1 Å². The van der Waals surface area contributed by atoms with Gasteiger partial charge in [-0.2, -0.15) is 0 Å². The van der Waals surface area contributed by atoms with E-state index >= 15 is 0 Å². The summed E-state index contributed by atoms with van der Waals surface area (Å²) in [5.41, 5.74) is 2.16. The van der Waals surface area contributed by atoms with Gasteiger partial charge in [0.05, 0.1) is 23.0 Å². The van der Waals surface area contributed by atoms with Crippen LogP contribution in [0.15, 0.2) is 23.6 Å². The molecule has 118 valence electrons. The van der Waals surface area contributed by atoms with Crippen LogP contribution < -0.4 is 4.90 Å². The van der Waals surface area contributed by atoms with E-state index in [0.29, 0.717) is 0 Å². The molecule has 0 unspecified atom stereocenters. The first kappa shape index (κ1) is 15.4. The zero-order chi connectivity index (χ0) is 15.5. The van der Waals surface area contributed by atoms with E-state index in [0.717, 1.165) is 48.5 Å². The minimum absolute atomic E-state index is 0.0355. The summed E-state index contributed by atoms with van der Waals surface area (Å²) < 4.78 is 5.93. The first-order chi connectivity index (χ1) is 10.6. The third-order valence-corrected chi connectivity index (χ3v) is 4.57. The molecule has 0 radical (unpaired) electrons. The molecule has 0 saturated carbocycles. The molecule has 5 nitrogen and oxygen atoms in total. The van der Waals surface area contributed by atoms with E-state index in [4.69, 9.17) is 9.72 Å². The average Bonchev–Trinajstić information content (AvgIpc) is 2.93. The molecule has 1 fully saturated rings. The normalized spacial score (nSPS) is 19.3. The number of anilines is 1. The number of ether oxygens (including phenoxy) is 1. The maximum atomic E-state index is 5.93. The summed E-state index contributed by atoms with van der Waals surface area (Å²) in [5, 5.41) is 3.27. The topological polar surface area (TPSA) is 41.5 Å². The maximum absolute atomic E-state index is 5.93. The van der Waals surface area contributed by atoms with Crippen molar-refractivity contribution < 1.29 is 4.74 Å². The van der Waals surface area contributed by atoms with Crippen LogP contribution in [0.4, 0.5) is 5.82 Å². The van der Waals surface area contributed by atoms with E-state index < -0.39 is 0 Å². The number of nitrogens with zero attached hydrogens (tertiary/aromatic N) is 4. The summed E-state index contributed by atoms with van der Waals surface area (Å²) in [7, 11) is 4.01. The highest BCUT2D eigenvalue weighted by atomic mass is 32.1. The van der Waals surface area contributed by atoms with Crippen LogP contribution in [0.25, 0.3) is 0 Å². The lowest BCUT2D eigenvalue weighted by Crippen LogP contribution is -2.38. The van der Waals surface area contributed by atoms with Crippen LogP contribution in [-0.2, 0) is 11.3 Å². The van der Waals surface area contributed by atoms with Gasteiger partial charge in [0, 0.05) is 39.1 Å². The molecular weight excluding hydrogens is 296 g/mol. The molecule has 2 aromatic heterocycles. The molecule has 1 saturated heterocycles. The fourth-order valence-corrected chi connectivity index (χ4v) is 3.21. The van der Waals surface area contributed by atoms with Crippen molar-refractivity contribution in [1.29, 1.82) is 0 Å². The second kappa shape index (κ2) is 6.73. The number of aromatic nitrogens is 2. The van der Waals surface area contributed by atoms with Crippen LogP contribution in [0.5, 0.6) is 0 Å². The van der Waals surface area contributed by atoms with Crippen LogP contribution >= 0.6 is 11.3 Å². The molecule has 0 amide bonds. The molecule has 0 N–H and O–H groups in total. The summed E-state index contributed by atoms with van der Waals surface area (Å²) >= 11 is 1.71. The smallest absolute Gasteiger partial charge is 0.128 e. The first-order valence-corrected chi connectivity index (χ1v) is 8.39. The van der Waals surface area contributed by atoms with Gasteiger partial charge in [-0.15, -0.1) is 11.3 Å². The third-order valence-electron chi connectivity index (χ3n) is 3.75. The van der Waals surface area contributed by atoms with Gasteiger partial charge in [-0.05, 0) is 19.1 Å². The van der Waals surface area contributed by atoms with Crippen molar-refractivity contribution in [1.82, 2.24) is 14.9 Å². The molecule has 1 atom stereocenters. The van der Waals surface area contributed by atoms with Crippen molar-refractivity contribution in [2.45, 2.75) is 19.6 Å². The second-order valence-electron chi connectivity index (χ2n) is 5.77. The first-order valence-electron chi connectivity index (χ1n) is 7.51. The molecule has 3 heterocycles. The van der Waals surface area contributed by atoms with Gasteiger partial charge in [0.25, 0.3) is 0 Å². The zero-order valence-corrected chi connectivity index (χ0v) is 14.1. The van der Waals surface area contributed by atoms with Gasteiger partial charge in [0.2, 0.25) is 0 Å². The van der Waals surface area contributed by atoms with E-state index in [9.17, 15) is 0 Å². The Hall–Kier alpha value is -1.50. The second-order valence-corrected chi connectivity index (χ2v) is 6.83. The monoisotopic (exact) mass is 318 g/mol. The summed E-state index contributed by atoms with van der Waals surface area (Å²) in [4.78, 5) is 13.7. The SMILES string of the molecule is Cc1nc(CN2CCO[C@@H](c3cccc(N(C)C)n3)C2)cs1. The fraction of sp³-hybridized carbons (Fsp3) is 0.500. The summed E-state index contributed by atoms with van der Waals surface area (Å²) in [6, 6.07) is 6.11. The molecule has 0 aliphatic carbocycles. The van der Waals surface area contributed by atoms with Crippen molar-refractivity contribution in [3.05, 3.63) is 40.0 Å². The highest BCUT2D eigenvalue weighted by Gasteiger charge is 2.23. The number of morpholine rings is 1. The van der Waals surface area contributed by atoms with E-state index in [-0.39, 0.29) is 6.10 Å². The standard InChI is InChI=1S/C16H22N4OS/c1-12-17-13(11-22-12)9-20-7-8-21-15(10-20)14-5-4-6-16(18-14)19(2)3/h4-6,11,15H,7-10H2,1-3H3/t15-/m1/s1. The highest BCUT2D eigenvalue weighted by molar-refractivity contribution is 7.09. The van der Waals surface area contributed by atoms with Crippen LogP contribution in [0.2, 0.25) is 0 Å². The molecule has 2 aromatic rings. The predicted octanol–water partition coefficient (Wildman–Crippen LogP) is 2.49. The van der Waals surface area contributed by atoms with Crippen LogP contribution in [0.1, 0.15) is 22.5 Å². The number of aryl methyl sites for hydroxylation is 1. The molecular formula is C16H22N4OS. The van der Waals surface area contributed by atoms with Gasteiger partial charge < -0.3 is 9.64 Å². The Labute approximate surface area is 135 Å². The number of thiazole rings is 1. The van der Waals surface area contributed by atoms with Gasteiger partial charge in [0.15, 0.2) is 0 Å². The summed E-state index contributed by atoms with van der Waals surface area (Å²) in [5.74, 6) is 0.966. The van der Waals surface area contributed by atoms with Gasteiger partial charge in [-0.25, -0.2) is 9.97 Å². The van der Waals surface area contributed by atoms with Gasteiger partial charge in [0.1, 0.15) is 11.9 Å². The lowest BCUT2D eigenvalue weighted by Gasteiger charge is -2.32. The minimum Gasteiger partial charge on any atom is -0.369 e. The van der Waals surface area contributed by atoms with Crippen LogP contribution in [-0.4, -0.2) is 48.7 Å². The van der Waals surface area contributed by atoms with Crippen LogP contribution in [0, 0.1) is 6.92 Å². The molecule has 6 heteroatoms. The van der Waals surface area contributed by atoms with Crippen molar-refractivity contribution in [3.8, 4) is 0 Å². The molecule has 0 aromatic carbocycles. The number of hydrogen-bond acceptors (Lipinski definition) is 6. The third kappa shape index (κ3) is 3.63. The largest absolute Gasteiger partial charge is 0.369 e. The molecule has 1 aliphatic heterocycles. The molecule has 0 bridgehead atoms. The van der Waals surface area contributed by atoms with E-state index in [1.54, 1.807) is 11.3 Å². The highest BCUT2D eigenvalue weighted by Crippen LogP contribution is 2.23. The fourth-order valence-electron chi connectivity index (χ4n) is 2.60. The van der Waals surface area contributed by atoms with E-state index in [1.165, 1.54) is 0 Å². The van der Waals surface area contributed by atoms with Crippen molar-refractivity contribution in [2.75, 3.05) is 38.7 Å². The number of rotatable bonds is 4. The van der Waals surface area contributed by atoms with Gasteiger partial charge >= 0.3 is 0 Å². The van der Waals surface area contributed by atoms with Crippen molar-refractivity contribution in [3.63, 3.8) is 0 Å². The Morgan fingerprint density at radius 1 is 1.36 bits per heavy atom. The van der Waals surface area contributed by atoms with Crippen LogP contribution in [0.3, 0.4) is 0 Å². The quantitative estimate of drug-likeness (QED) is 0.866. The van der Waals surface area contributed by atoms with E-state index in [2.05, 4.69) is 15.3 Å². The van der Waals surface area contributed by atoms with Crippen molar-refractivity contribution >= 4 is 17.2 Å². The van der Waals surface area contributed by atoms with Crippen molar-refractivity contribution in [2.24, 2.45) is 0 Å². The minimum atomic E-state index is 0.0355. The Kier molecular flexibility index (Phi) is 4.71. The number of hydrogen-bond donors (Lipinski definition) is 0. The molecule has 3 rings (SSSR count). The Bertz CT molecular complexity index is 628. The Morgan fingerprint density at radius 3 is 2.95 bits per heavy atom. The zero-order valence-electron chi connectivity index (χ0n) is 13.3. The summed E-state index contributed by atoms with van der Waals surface area (Å²) in [6.07, 6.45) is 0.0355. The average molecular weight is 318 g/mol. The lowest BCUT2D eigenvalue weighted by atomic mass is 10.2. The molecule has 22 heavy (non-hydrogen) atoms. The summed E-state index contributed by atoms with van der Waals surface area (Å²) in [6.45, 7) is 5.48. The lowest BCUT2D eigenvalue weighted by molar-refractivity contribution is -0.0352. The maximum Gasteiger partial charge on any atom is 0.128 e. The van der Waals surface area contributed by atoms with Gasteiger partial charge in [-0.1, -0.05) is 6.07 Å². The molecule has 1 aliphatic rings. The predicted molar refractivity (Wildman–Crippen MR) is 89.4 cm³/mol.